The molecule has 0 spiro atoms. The van der Waals surface area contributed by atoms with Crippen LogP contribution in [-0.2, 0) is 32.5 Å². The second-order valence-electron chi connectivity index (χ2n) is 26.4. The van der Waals surface area contributed by atoms with Crippen molar-refractivity contribution >= 4 is 96.8 Å². The third kappa shape index (κ3) is 6.22. The molecule has 0 aliphatic carbocycles. The predicted molar refractivity (Wildman–Crippen MR) is 288 cm³/mol. The van der Waals surface area contributed by atoms with E-state index in [1.54, 1.807) is 0 Å². The minimum absolute atomic E-state index is 0.0284. The Morgan fingerprint density at radius 2 is 0.800 bits per heavy atom. The van der Waals surface area contributed by atoms with Crippen molar-refractivity contribution in [3.8, 4) is 5.69 Å². The molecule has 5 heteroatoms. The van der Waals surface area contributed by atoms with Gasteiger partial charge >= 0.3 is 0 Å². The van der Waals surface area contributed by atoms with Gasteiger partial charge in [-0.1, -0.05) is 178 Å². The lowest BCUT2D eigenvalue weighted by Crippen LogP contribution is -2.67. The Balaban J connectivity index is 1.36. The molecule has 330 valence electrons. The van der Waals surface area contributed by atoms with Gasteiger partial charge in [0, 0.05) is 48.8 Å². The van der Waals surface area contributed by atoms with Gasteiger partial charge in [-0.2, -0.15) is 0 Å². The lowest BCUT2D eigenvalue weighted by atomic mass is 9.29. The van der Waals surface area contributed by atoms with Crippen LogP contribution in [0.2, 0.25) is 0 Å². The van der Waals surface area contributed by atoms with Gasteiger partial charge in [0.2, 0.25) is 6.71 Å². The summed E-state index contributed by atoms with van der Waals surface area (Å²) >= 11 is 1.99. The van der Waals surface area contributed by atoms with Crippen LogP contribution < -0.4 is 37.7 Å². The number of hydrogen-bond donors (Lipinski definition) is 0. The van der Waals surface area contributed by atoms with Crippen molar-refractivity contribution in [2.75, 3.05) is 4.90 Å². The van der Waals surface area contributed by atoms with Crippen molar-refractivity contribution in [1.82, 2.24) is 4.57 Å². The first-order valence-electron chi connectivity index (χ1n) is 24.3. The molecule has 7 aromatic rings. The van der Waals surface area contributed by atoms with Crippen LogP contribution in [0.25, 0.3) is 27.5 Å². The van der Waals surface area contributed by atoms with Gasteiger partial charge in [-0.25, -0.2) is 0 Å². The normalized spacial score (nSPS) is 15.4. The summed E-state index contributed by atoms with van der Waals surface area (Å²) in [6.07, 6.45) is 0. The third-order valence-corrected chi connectivity index (χ3v) is 16.7. The molecular formula is C60H68B2N2S. The summed E-state index contributed by atoms with van der Waals surface area (Å²) in [5.74, 6) is 0. The fourth-order valence-electron chi connectivity index (χ4n) is 11.5. The summed E-state index contributed by atoms with van der Waals surface area (Å²) in [4.78, 5) is 5.57. The molecule has 0 bridgehead atoms. The van der Waals surface area contributed by atoms with E-state index in [1.807, 2.05) is 11.8 Å². The van der Waals surface area contributed by atoms with Crippen LogP contribution in [0.3, 0.4) is 0 Å². The average Bonchev–Trinajstić information content (AvgIpc) is 3.52. The Labute approximate surface area is 395 Å². The molecule has 0 fully saturated rings. The van der Waals surface area contributed by atoms with Gasteiger partial charge in [0.25, 0.3) is 6.71 Å². The maximum atomic E-state index is 2.78. The van der Waals surface area contributed by atoms with Gasteiger partial charge in [-0.3, -0.25) is 0 Å². The van der Waals surface area contributed by atoms with E-state index in [4.69, 9.17) is 0 Å². The molecule has 5 heterocycles. The fraction of sp³-hybridized carbons (Fsp3) is 0.400. The van der Waals surface area contributed by atoms with Gasteiger partial charge in [0.05, 0.1) is 5.52 Å². The number of anilines is 3. The minimum atomic E-state index is -0.0821. The summed E-state index contributed by atoms with van der Waals surface area (Å²) in [5.41, 5.74) is 25.0. The zero-order valence-electron chi connectivity index (χ0n) is 42.5. The smallest absolute Gasteiger partial charge is 0.252 e. The zero-order chi connectivity index (χ0) is 46.6. The third-order valence-electron chi connectivity index (χ3n) is 15.5. The highest BCUT2D eigenvalue weighted by Crippen LogP contribution is 2.49. The Morgan fingerprint density at radius 3 is 1.38 bits per heavy atom. The molecule has 0 N–H and O–H groups in total. The van der Waals surface area contributed by atoms with Crippen molar-refractivity contribution in [3.63, 3.8) is 0 Å². The summed E-state index contributed by atoms with van der Waals surface area (Å²) in [7, 11) is 0. The molecule has 0 unspecified atom stereocenters. The second-order valence-corrected chi connectivity index (χ2v) is 27.5. The average molecular weight is 871 g/mol. The van der Waals surface area contributed by atoms with Crippen molar-refractivity contribution < 1.29 is 0 Å². The van der Waals surface area contributed by atoms with Crippen LogP contribution in [0.5, 0.6) is 0 Å². The lowest BCUT2D eigenvalue weighted by Gasteiger charge is -2.48. The number of nitrogens with zero attached hydrogens (tertiary/aromatic N) is 2. The summed E-state index contributed by atoms with van der Waals surface area (Å²) in [5, 5.41) is 2.74. The van der Waals surface area contributed by atoms with Crippen LogP contribution in [0, 0.1) is 0 Å². The summed E-state index contributed by atoms with van der Waals surface area (Å²) < 4.78 is 2.69. The van der Waals surface area contributed by atoms with E-state index in [0.29, 0.717) is 0 Å². The van der Waals surface area contributed by atoms with Gasteiger partial charge in [-0.05, 0) is 142 Å². The lowest BCUT2D eigenvalue weighted by molar-refractivity contribution is 0.588. The monoisotopic (exact) mass is 871 g/mol. The van der Waals surface area contributed by atoms with E-state index in [-0.39, 0.29) is 45.9 Å². The SMILES string of the molecule is CC(C)(C)c1ccc2c(c1)B1c3cc(C(C)(C)C)cc4c3N(c3cc(C(C)(C)C)cc(c31)S2)c1cc(C(C)(C)C)cc2c1B4c1cc(C(C)(C)C)cc3c4cc(C(C)(C)C)ccc4n-2c13. The first-order valence-corrected chi connectivity index (χ1v) is 25.1. The predicted octanol–water partition coefficient (Wildman–Crippen LogP) is 12.5. The molecule has 1 aromatic heterocycles. The highest BCUT2D eigenvalue weighted by molar-refractivity contribution is 8.00. The molecule has 4 aliphatic rings. The van der Waals surface area contributed by atoms with E-state index < -0.39 is 0 Å². The van der Waals surface area contributed by atoms with E-state index in [0.717, 1.165) is 0 Å². The molecule has 0 saturated heterocycles. The van der Waals surface area contributed by atoms with Crippen molar-refractivity contribution in [3.05, 3.63) is 118 Å². The van der Waals surface area contributed by atoms with Gasteiger partial charge in [0.15, 0.2) is 0 Å². The molecule has 0 atom stereocenters. The Hall–Kier alpha value is -4.60. The quantitative estimate of drug-likeness (QED) is 0.140. The van der Waals surface area contributed by atoms with Gasteiger partial charge in [-0.15, -0.1) is 0 Å². The highest BCUT2D eigenvalue weighted by atomic mass is 32.2. The second kappa shape index (κ2) is 13.1. The van der Waals surface area contributed by atoms with Crippen LogP contribution in [0.1, 0.15) is 158 Å². The first kappa shape index (κ1) is 43.0. The Morgan fingerprint density at radius 1 is 0.369 bits per heavy atom. The molecule has 0 amide bonds. The maximum Gasteiger partial charge on any atom is 0.252 e. The minimum Gasteiger partial charge on any atom is -0.312 e. The number of fused-ring (bicyclic) bond motifs is 11. The number of benzene rings is 6. The van der Waals surface area contributed by atoms with Gasteiger partial charge < -0.3 is 9.47 Å². The Kier molecular flexibility index (Phi) is 8.66. The number of aromatic nitrogens is 1. The number of hydrogen-bond acceptors (Lipinski definition) is 2. The van der Waals surface area contributed by atoms with Crippen LogP contribution in [0.4, 0.5) is 17.1 Å². The van der Waals surface area contributed by atoms with E-state index in [1.165, 1.54) is 121 Å². The topological polar surface area (TPSA) is 8.17 Å². The van der Waals surface area contributed by atoms with E-state index in [2.05, 4.69) is 219 Å². The molecule has 6 aromatic carbocycles. The number of rotatable bonds is 0. The molecule has 4 aliphatic heterocycles. The van der Waals surface area contributed by atoms with Crippen molar-refractivity contribution in [2.45, 2.75) is 167 Å². The van der Waals surface area contributed by atoms with Crippen LogP contribution in [-0.4, -0.2) is 18.0 Å². The summed E-state index contributed by atoms with van der Waals surface area (Å²) in [6, 6.07) is 35.6. The zero-order valence-corrected chi connectivity index (χ0v) is 43.4. The van der Waals surface area contributed by atoms with E-state index >= 15 is 0 Å². The molecule has 2 nitrogen and oxygen atoms in total. The molecule has 65 heavy (non-hydrogen) atoms. The van der Waals surface area contributed by atoms with E-state index in [9.17, 15) is 0 Å². The molecule has 0 radical (unpaired) electrons. The van der Waals surface area contributed by atoms with Crippen LogP contribution in [0.15, 0.2) is 94.7 Å². The van der Waals surface area contributed by atoms with Gasteiger partial charge in [0.1, 0.15) is 0 Å². The molecule has 11 rings (SSSR count). The first-order chi connectivity index (χ1) is 30.0. The Bertz CT molecular complexity index is 3250. The standard InChI is InChI=1S/C60H68B2N2S/c1-55(2,3)33-19-21-45-39(23-33)40-24-35(57(7,8)9)26-42-53(40)63(45)46-29-37(59(13,14)15)30-47-51(46)62(42)44-28-36(58(10,11)12)27-43-54(44)64(47)48-31-38(60(16,17)18)32-50-52(48)61(43)41-25-34(56(4,5)6)20-22-49(41)65-50/h19-32H,1-18H3. The molecule has 0 saturated carbocycles. The van der Waals surface area contributed by atoms with Crippen molar-refractivity contribution in [1.29, 1.82) is 0 Å². The largest absolute Gasteiger partial charge is 0.312 e. The van der Waals surface area contributed by atoms with Crippen LogP contribution >= 0.6 is 11.8 Å². The fourth-order valence-corrected chi connectivity index (χ4v) is 12.7. The highest BCUT2D eigenvalue weighted by Gasteiger charge is 2.50. The van der Waals surface area contributed by atoms with Crippen molar-refractivity contribution in [2.24, 2.45) is 0 Å². The molecular weight excluding hydrogens is 802 g/mol. The maximum absolute atomic E-state index is 2.78. The summed E-state index contributed by atoms with van der Waals surface area (Å²) in [6.45, 7) is 43.1.